The molecule has 8 nitrogen and oxygen atoms in total. The molecule has 8 heteroatoms. The number of nitrogens with one attached hydrogen (secondary N) is 2. The highest BCUT2D eigenvalue weighted by Crippen LogP contribution is 2.27. The number of hydrogen-bond donors (Lipinski definition) is 2. The molecule has 0 saturated heterocycles. The summed E-state index contributed by atoms with van der Waals surface area (Å²) in [6.45, 7) is 5.73. The third kappa shape index (κ3) is 4.66. The van der Waals surface area contributed by atoms with Crippen LogP contribution in [0.2, 0.25) is 0 Å². The number of nitrogens with zero attached hydrogens (tertiary/aromatic N) is 4. The molecule has 1 aromatic carbocycles. The molecule has 2 amide bonds. The van der Waals surface area contributed by atoms with E-state index in [0.717, 1.165) is 30.2 Å². The van der Waals surface area contributed by atoms with Crippen LogP contribution in [-0.2, 0) is 13.1 Å². The average Bonchev–Trinajstić information content (AvgIpc) is 3.34. The maximum Gasteiger partial charge on any atom is 0.319 e. The van der Waals surface area contributed by atoms with Gasteiger partial charge in [0.2, 0.25) is 0 Å². The van der Waals surface area contributed by atoms with E-state index in [4.69, 9.17) is 4.74 Å². The monoisotopic (exact) mass is 368 g/mol. The molecule has 0 aliphatic heterocycles. The number of ether oxygens (including phenoxy) is 1. The van der Waals surface area contributed by atoms with Crippen LogP contribution in [0.15, 0.2) is 49.1 Å². The zero-order valence-corrected chi connectivity index (χ0v) is 15.6. The summed E-state index contributed by atoms with van der Waals surface area (Å²) in [5, 5.41) is 13.6. The van der Waals surface area contributed by atoms with Gasteiger partial charge in [-0.25, -0.2) is 4.79 Å². The van der Waals surface area contributed by atoms with E-state index in [1.165, 1.54) is 0 Å². The van der Waals surface area contributed by atoms with Gasteiger partial charge in [-0.15, -0.1) is 10.2 Å². The highest BCUT2D eigenvalue weighted by atomic mass is 16.5. The maximum absolute atomic E-state index is 12.3. The molecular formula is C19H24N6O2. The molecule has 27 heavy (non-hydrogen) atoms. The number of aryl methyl sites for hydroxylation is 1. The molecule has 0 aliphatic rings. The van der Waals surface area contributed by atoms with E-state index >= 15 is 0 Å². The lowest BCUT2D eigenvalue weighted by molar-refractivity contribution is 0.251. The molecule has 0 radical (unpaired) electrons. The van der Waals surface area contributed by atoms with Gasteiger partial charge in [0.15, 0.2) is 5.82 Å². The highest BCUT2D eigenvalue weighted by molar-refractivity contribution is 5.89. The van der Waals surface area contributed by atoms with Crippen LogP contribution in [0.3, 0.4) is 0 Å². The third-order valence-corrected chi connectivity index (χ3v) is 3.97. The Labute approximate surface area is 158 Å². The first kappa shape index (κ1) is 18.5. The Morgan fingerprint density at radius 3 is 2.78 bits per heavy atom. The molecule has 0 fully saturated rings. The Morgan fingerprint density at radius 1 is 1.22 bits per heavy atom. The molecule has 0 aliphatic carbocycles. The summed E-state index contributed by atoms with van der Waals surface area (Å²) in [5.74, 6) is 1.49. The summed E-state index contributed by atoms with van der Waals surface area (Å²) in [6, 6.07) is 9.13. The highest BCUT2D eigenvalue weighted by Gasteiger charge is 2.10. The van der Waals surface area contributed by atoms with Gasteiger partial charge in [-0.1, -0.05) is 6.92 Å². The van der Waals surface area contributed by atoms with Crippen LogP contribution >= 0.6 is 0 Å². The fraction of sp³-hybridized carbons (Fsp3) is 0.316. The number of aromatic nitrogens is 4. The first-order valence-electron chi connectivity index (χ1n) is 9.03. The van der Waals surface area contributed by atoms with Crippen LogP contribution in [0.25, 0.3) is 5.69 Å². The molecule has 0 saturated carbocycles. The Balaban J connectivity index is 1.67. The van der Waals surface area contributed by atoms with Crippen molar-refractivity contribution in [3.8, 4) is 11.4 Å². The van der Waals surface area contributed by atoms with Gasteiger partial charge in [-0.2, -0.15) is 0 Å². The average molecular weight is 368 g/mol. The molecule has 2 aromatic heterocycles. The molecule has 3 aromatic rings. The summed E-state index contributed by atoms with van der Waals surface area (Å²) in [7, 11) is 0. The molecule has 0 bridgehead atoms. The number of carbonyl (C=O) groups is 1. The summed E-state index contributed by atoms with van der Waals surface area (Å²) in [4.78, 5) is 12.3. The third-order valence-electron chi connectivity index (χ3n) is 3.97. The first-order valence-corrected chi connectivity index (χ1v) is 9.03. The quantitative estimate of drug-likeness (QED) is 0.639. The standard InChI is InChI=1S/C19H24N6O2/c1-3-9-25-14-21-23-18(25)13-20-19(26)22-15-7-8-17(27-4-2)16(12-15)24-10-5-6-11-24/h5-8,10-12,14H,3-4,9,13H2,1-2H3,(H2,20,22,26). The zero-order chi connectivity index (χ0) is 19.1. The summed E-state index contributed by atoms with van der Waals surface area (Å²) < 4.78 is 9.56. The van der Waals surface area contributed by atoms with E-state index in [1.807, 2.05) is 58.8 Å². The van der Waals surface area contributed by atoms with Crippen LogP contribution in [0.4, 0.5) is 10.5 Å². The normalized spacial score (nSPS) is 10.6. The topological polar surface area (TPSA) is 86.0 Å². The number of amides is 2. The summed E-state index contributed by atoms with van der Waals surface area (Å²) in [6.07, 6.45) is 6.52. The first-order chi connectivity index (χ1) is 13.2. The van der Waals surface area contributed by atoms with Crippen molar-refractivity contribution in [1.82, 2.24) is 24.6 Å². The number of anilines is 1. The number of urea groups is 1. The van der Waals surface area contributed by atoms with Gasteiger partial charge in [0.25, 0.3) is 0 Å². The smallest absolute Gasteiger partial charge is 0.319 e. The fourth-order valence-electron chi connectivity index (χ4n) is 2.75. The molecule has 0 atom stereocenters. The molecule has 2 N–H and O–H groups in total. The van der Waals surface area contributed by atoms with Gasteiger partial charge in [-0.3, -0.25) is 0 Å². The molecule has 0 spiro atoms. The second kappa shape index (κ2) is 8.88. The Kier molecular flexibility index (Phi) is 6.09. The summed E-state index contributed by atoms with van der Waals surface area (Å²) in [5.41, 5.74) is 1.54. The molecule has 142 valence electrons. The van der Waals surface area contributed by atoms with E-state index in [9.17, 15) is 4.79 Å². The lowest BCUT2D eigenvalue weighted by Crippen LogP contribution is -2.29. The van der Waals surface area contributed by atoms with Gasteiger partial charge in [0, 0.05) is 24.6 Å². The van der Waals surface area contributed by atoms with Crippen molar-refractivity contribution in [2.45, 2.75) is 33.4 Å². The van der Waals surface area contributed by atoms with Crippen LogP contribution in [0, 0.1) is 0 Å². The van der Waals surface area contributed by atoms with Gasteiger partial charge in [0.05, 0.1) is 18.8 Å². The van der Waals surface area contributed by atoms with Crippen molar-refractivity contribution in [2.24, 2.45) is 0 Å². The fourth-order valence-corrected chi connectivity index (χ4v) is 2.75. The molecule has 3 rings (SSSR count). The molecular weight excluding hydrogens is 344 g/mol. The van der Waals surface area contributed by atoms with Crippen molar-refractivity contribution in [3.05, 3.63) is 54.9 Å². The van der Waals surface area contributed by atoms with E-state index < -0.39 is 0 Å². The van der Waals surface area contributed by atoms with Crippen molar-refractivity contribution < 1.29 is 9.53 Å². The minimum atomic E-state index is -0.302. The Hall–Kier alpha value is -3.29. The number of benzene rings is 1. The molecule has 0 unspecified atom stereocenters. The minimum absolute atomic E-state index is 0.302. The van der Waals surface area contributed by atoms with Crippen LogP contribution in [0.5, 0.6) is 5.75 Å². The number of carbonyl (C=O) groups excluding carboxylic acids is 1. The number of rotatable bonds is 8. The van der Waals surface area contributed by atoms with Gasteiger partial charge in [-0.05, 0) is 43.7 Å². The van der Waals surface area contributed by atoms with Crippen molar-refractivity contribution in [3.63, 3.8) is 0 Å². The lowest BCUT2D eigenvalue weighted by atomic mass is 10.2. The van der Waals surface area contributed by atoms with E-state index in [2.05, 4.69) is 27.8 Å². The maximum atomic E-state index is 12.3. The lowest BCUT2D eigenvalue weighted by Gasteiger charge is -2.14. The largest absolute Gasteiger partial charge is 0.492 e. The second-order valence-corrected chi connectivity index (χ2v) is 5.95. The SMILES string of the molecule is CCCn1cnnc1CNC(=O)Nc1ccc(OCC)c(-n2cccc2)c1. The minimum Gasteiger partial charge on any atom is -0.492 e. The van der Waals surface area contributed by atoms with Crippen molar-refractivity contribution in [2.75, 3.05) is 11.9 Å². The second-order valence-electron chi connectivity index (χ2n) is 5.95. The van der Waals surface area contributed by atoms with Crippen molar-refractivity contribution in [1.29, 1.82) is 0 Å². The predicted molar refractivity (Wildman–Crippen MR) is 103 cm³/mol. The van der Waals surface area contributed by atoms with Gasteiger partial charge < -0.3 is 24.5 Å². The molecule has 2 heterocycles. The Morgan fingerprint density at radius 2 is 2.04 bits per heavy atom. The number of hydrogen-bond acceptors (Lipinski definition) is 4. The van der Waals surface area contributed by atoms with E-state index in [-0.39, 0.29) is 6.03 Å². The predicted octanol–water partition coefficient (Wildman–Crippen LogP) is 3.20. The van der Waals surface area contributed by atoms with Gasteiger partial charge in [0.1, 0.15) is 12.1 Å². The van der Waals surface area contributed by atoms with Crippen LogP contribution in [0.1, 0.15) is 26.1 Å². The zero-order valence-electron chi connectivity index (χ0n) is 15.6. The Bertz CT molecular complexity index is 872. The van der Waals surface area contributed by atoms with E-state index in [1.54, 1.807) is 6.33 Å². The van der Waals surface area contributed by atoms with Crippen LogP contribution < -0.4 is 15.4 Å². The summed E-state index contributed by atoms with van der Waals surface area (Å²) >= 11 is 0. The van der Waals surface area contributed by atoms with Crippen LogP contribution in [-0.4, -0.2) is 32.0 Å². The van der Waals surface area contributed by atoms with Crippen molar-refractivity contribution >= 4 is 11.7 Å². The van der Waals surface area contributed by atoms with E-state index in [0.29, 0.717) is 18.8 Å². The van der Waals surface area contributed by atoms with Gasteiger partial charge >= 0.3 is 6.03 Å².